The number of nitrogens with zero attached hydrogens (tertiary/aromatic N) is 2. The minimum atomic E-state index is -0.542. The van der Waals surface area contributed by atoms with E-state index in [1.807, 2.05) is 30.3 Å². The third-order valence-electron chi connectivity index (χ3n) is 5.35. The number of methoxy groups -OCH3 is 2. The number of carbonyl (C=O) groups is 1. The lowest BCUT2D eigenvalue weighted by Gasteiger charge is -2.16. The van der Waals surface area contributed by atoms with E-state index in [1.165, 1.54) is 34.7 Å². The van der Waals surface area contributed by atoms with E-state index >= 15 is 0 Å². The summed E-state index contributed by atoms with van der Waals surface area (Å²) in [4.78, 5) is 40.2. The molecular formula is C24H21BrN2O5S. The maximum Gasteiger partial charge on any atom is 0.331 e. The molecule has 4 aromatic rings. The van der Waals surface area contributed by atoms with Gasteiger partial charge in [0.1, 0.15) is 0 Å². The Morgan fingerprint density at radius 2 is 1.67 bits per heavy atom. The van der Waals surface area contributed by atoms with Crippen molar-refractivity contribution in [3.63, 3.8) is 0 Å². The normalized spacial score (nSPS) is 11.0. The second kappa shape index (κ2) is 9.76. The molecule has 0 unspecified atom stereocenters. The number of aromatic nitrogens is 2. The van der Waals surface area contributed by atoms with E-state index in [4.69, 9.17) is 9.47 Å². The molecule has 0 saturated carbocycles. The predicted octanol–water partition coefficient (Wildman–Crippen LogP) is 4.13. The van der Waals surface area contributed by atoms with Crippen LogP contribution in [0, 0.1) is 0 Å². The number of hydrogen-bond donors (Lipinski definition) is 0. The van der Waals surface area contributed by atoms with Crippen molar-refractivity contribution in [2.24, 2.45) is 0 Å². The van der Waals surface area contributed by atoms with Gasteiger partial charge in [-0.05, 0) is 46.1 Å². The largest absolute Gasteiger partial charge is 0.493 e. The maximum absolute atomic E-state index is 13.4. The fraction of sp³-hybridized carbons (Fsp3) is 0.208. The first-order valence-corrected chi connectivity index (χ1v) is 11.8. The number of Topliss-reactive ketones (excluding diaryl/α,β-unsaturated/α-hetero) is 1. The van der Waals surface area contributed by atoms with Crippen LogP contribution >= 0.6 is 27.3 Å². The van der Waals surface area contributed by atoms with Gasteiger partial charge >= 0.3 is 5.69 Å². The highest BCUT2D eigenvalue weighted by molar-refractivity contribution is 9.11. The molecule has 170 valence electrons. The number of fused-ring (bicyclic) bond motifs is 1. The van der Waals surface area contributed by atoms with Crippen molar-refractivity contribution in [3.8, 4) is 11.5 Å². The van der Waals surface area contributed by atoms with Crippen LogP contribution in [0.1, 0.15) is 15.2 Å². The summed E-state index contributed by atoms with van der Waals surface area (Å²) < 4.78 is 14.1. The number of benzene rings is 2. The molecule has 2 aromatic heterocycles. The summed E-state index contributed by atoms with van der Waals surface area (Å²) >= 11 is 4.65. The smallest absolute Gasteiger partial charge is 0.331 e. The molecular weight excluding hydrogens is 508 g/mol. The van der Waals surface area contributed by atoms with Gasteiger partial charge in [-0.1, -0.05) is 30.3 Å². The standard InChI is InChI=1S/C24H21BrN2O5S/c1-31-19-12-16-17(13-20(19)32-2)27(14-18(28)21-8-9-22(25)33-21)24(30)26(23(16)29)11-10-15-6-4-3-5-7-15/h3-9,12-13H,10-11,14H2,1-2H3. The van der Waals surface area contributed by atoms with Crippen LogP contribution in [-0.4, -0.2) is 29.1 Å². The van der Waals surface area contributed by atoms with Gasteiger partial charge in [0, 0.05) is 12.6 Å². The molecule has 9 heteroatoms. The van der Waals surface area contributed by atoms with Crippen LogP contribution in [-0.2, 0) is 19.5 Å². The first kappa shape index (κ1) is 23.0. The molecule has 33 heavy (non-hydrogen) atoms. The van der Waals surface area contributed by atoms with Gasteiger partial charge in [0.05, 0.1) is 40.3 Å². The van der Waals surface area contributed by atoms with Crippen LogP contribution in [0.25, 0.3) is 10.9 Å². The second-order valence-electron chi connectivity index (χ2n) is 7.31. The van der Waals surface area contributed by atoms with Gasteiger partial charge in [0.25, 0.3) is 5.56 Å². The van der Waals surface area contributed by atoms with Crippen LogP contribution in [0.3, 0.4) is 0 Å². The number of hydrogen-bond acceptors (Lipinski definition) is 6. The highest BCUT2D eigenvalue weighted by Gasteiger charge is 2.20. The van der Waals surface area contributed by atoms with Gasteiger partial charge in [0.2, 0.25) is 0 Å². The molecule has 0 spiro atoms. The summed E-state index contributed by atoms with van der Waals surface area (Å²) in [5, 5.41) is 0.278. The summed E-state index contributed by atoms with van der Waals surface area (Å²) in [5.74, 6) is 0.512. The lowest BCUT2D eigenvalue weighted by molar-refractivity contribution is 0.0975. The highest BCUT2D eigenvalue weighted by Crippen LogP contribution is 2.30. The first-order chi connectivity index (χ1) is 15.9. The molecule has 0 N–H and O–H groups in total. The lowest BCUT2D eigenvalue weighted by Crippen LogP contribution is -2.41. The fourth-order valence-corrected chi connectivity index (χ4v) is 4.98. The number of halogens is 1. The summed E-state index contributed by atoms with van der Waals surface area (Å²) in [7, 11) is 2.95. The number of ether oxygens (including phenoxy) is 2. The molecule has 0 fully saturated rings. The lowest BCUT2D eigenvalue weighted by atomic mass is 10.1. The number of ketones is 1. The zero-order valence-electron chi connectivity index (χ0n) is 18.0. The SMILES string of the molecule is COc1cc2c(=O)n(CCc3ccccc3)c(=O)n(CC(=O)c3ccc(Br)s3)c2cc1OC. The number of carbonyl (C=O) groups excluding carboxylic acids is 1. The van der Waals surface area contributed by atoms with E-state index in [1.54, 1.807) is 24.3 Å². The fourth-order valence-electron chi connectivity index (χ4n) is 3.67. The van der Waals surface area contributed by atoms with Gasteiger partial charge in [0.15, 0.2) is 17.3 Å². The second-order valence-corrected chi connectivity index (χ2v) is 9.78. The van der Waals surface area contributed by atoms with Crippen molar-refractivity contribution < 1.29 is 14.3 Å². The van der Waals surface area contributed by atoms with Crippen molar-refractivity contribution in [3.05, 3.63) is 89.7 Å². The molecule has 0 radical (unpaired) electrons. The Hall–Kier alpha value is -3.17. The third kappa shape index (κ3) is 4.65. The summed E-state index contributed by atoms with van der Waals surface area (Å²) in [6, 6.07) is 16.2. The van der Waals surface area contributed by atoms with Gasteiger partial charge in [-0.3, -0.25) is 18.7 Å². The predicted molar refractivity (Wildman–Crippen MR) is 132 cm³/mol. The zero-order valence-corrected chi connectivity index (χ0v) is 20.4. The summed E-state index contributed by atoms with van der Waals surface area (Å²) in [6.45, 7) is -0.0197. The van der Waals surface area contributed by atoms with E-state index in [0.29, 0.717) is 28.3 Å². The van der Waals surface area contributed by atoms with Crippen LogP contribution < -0.4 is 20.7 Å². The minimum Gasteiger partial charge on any atom is -0.493 e. The van der Waals surface area contributed by atoms with Crippen molar-refractivity contribution in [1.82, 2.24) is 9.13 Å². The minimum absolute atomic E-state index is 0.185. The molecule has 0 aliphatic carbocycles. The molecule has 4 rings (SSSR count). The highest BCUT2D eigenvalue weighted by atomic mass is 79.9. The Balaban J connectivity index is 1.87. The van der Waals surface area contributed by atoms with E-state index in [-0.39, 0.29) is 24.3 Å². The number of rotatable bonds is 8. The Morgan fingerprint density at radius 1 is 0.970 bits per heavy atom. The Morgan fingerprint density at radius 3 is 2.30 bits per heavy atom. The molecule has 0 aliphatic rings. The van der Waals surface area contributed by atoms with E-state index in [9.17, 15) is 14.4 Å². The quantitative estimate of drug-likeness (QED) is 0.321. The van der Waals surface area contributed by atoms with Gasteiger partial charge in [-0.15, -0.1) is 11.3 Å². The Kier molecular flexibility index (Phi) is 6.80. The maximum atomic E-state index is 13.4. The van der Waals surface area contributed by atoms with Crippen LogP contribution in [0.15, 0.2) is 68.0 Å². The molecule has 0 saturated heterocycles. The van der Waals surface area contributed by atoms with Crippen LogP contribution in [0.4, 0.5) is 0 Å². The van der Waals surface area contributed by atoms with Gasteiger partial charge < -0.3 is 9.47 Å². The van der Waals surface area contributed by atoms with E-state index < -0.39 is 11.2 Å². The van der Waals surface area contributed by atoms with E-state index in [2.05, 4.69) is 15.9 Å². The van der Waals surface area contributed by atoms with Crippen LogP contribution in [0.2, 0.25) is 0 Å². The monoisotopic (exact) mass is 528 g/mol. The van der Waals surface area contributed by atoms with Crippen molar-refractivity contribution in [1.29, 1.82) is 0 Å². The Labute approximate surface area is 201 Å². The van der Waals surface area contributed by atoms with E-state index in [0.717, 1.165) is 9.35 Å². The zero-order chi connectivity index (χ0) is 23.5. The third-order valence-corrected chi connectivity index (χ3v) is 7.01. The molecule has 0 atom stereocenters. The van der Waals surface area contributed by atoms with Crippen LogP contribution in [0.5, 0.6) is 11.5 Å². The first-order valence-electron chi connectivity index (χ1n) is 10.1. The molecule has 0 aliphatic heterocycles. The molecule has 2 heterocycles. The van der Waals surface area contributed by atoms with Crippen molar-refractivity contribution in [2.75, 3.05) is 14.2 Å². The summed E-state index contributed by atoms with van der Waals surface area (Å²) in [5.41, 5.74) is 0.346. The van der Waals surface area contributed by atoms with Gasteiger partial charge in [-0.25, -0.2) is 4.79 Å². The number of thiophene rings is 1. The molecule has 2 aromatic carbocycles. The average molecular weight is 529 g/mol. The topological polar surface area (TPSA) is 79.5 Å². The summed E-state index contributed by atoms with van der Waals surface area (Å²) in [6.07, 6.45) is 0.501. The van der Waals surface area contributed by atoms with Crippen molar-refractivity contribution in [2.45, 2.75) is 19.5 Å². The van der Waals surface area contributed by atoms with Crippen molar-refractivity contribution >= 4 is 44.0 Å². The molecule has 0 bridgehead atoms. The Bertz CT molecular complexity index is 1440. The number of aryl methyl sites for hydroxylation is 1. The molecule has 0 amide bonds. The molecule has 7 nitrogen and oxygen atoms in total. The van der Waals surface area contributed by atoms with Gasteiger partial charge in [-0.2, -0.15) is 0 Å². The average Bonchev–Trinajstić information content (AvgIpc) is 3.27.